The Morgan fingerprint density at radius 1 is 1.33 bits per heavy atom. The fraction of sp³-hybridized carbons (Fsp3) is 0.545. The molecule has 1 aromatic carbocycles. The van der Waals surface area contributed by atoms with Crippen molar-refractivity contribution in [2.45, 2.75) is 51.9 Å². The van der Waals surface area contributed by atoms with Gasteiger partial charge >= 0.3 is 5.97 Å². The second kappa shape index (κ2) is 10.1. The third-order valence-corrected chi connectivity index (χ3v) is 5.91. The highest BCUT2D eigenvalue weighted by molar-refractivity contribution is 6.30. The van der Waals surface area contributed by atoms with Gasteiger partial charge in [-0.05, 0) is 56.7 Å². The Morgan fingerprint density at radius 2 is 2.17 bits per heavy atom. The third kappa shape index (κ3) is 5.59. The van der Waals surface area contributed by atoms with E-state index in [0.29, 0.717) is 63.2 Å². The van der Waals surface area contributed by atoms with Gasteiger partial charge in [-0.15, -0.1) is 0 Å². The molecule has 3 rings (SSSR count). The molecule has 0 aromatic heterocycles. The van der Waals surface area contributed by atoms with Gasteiger partial charge in [-0.2, -0.15) is 5.10 Å². The highest BCUT2D eigenvalue weighted by atomic mass is 35.5. The summed E-state index contributed by atoms with van der Waals surface area (Å²) in [4.78, 5) is 38.8. The van der Waals surface area contributed by atoms with E-state index in [9.17, 15) is 14.4 Å². The van der Waals surface area contributed by atoms with Crippen LogP contribution in [0.25, 0.3) is 0 Å². The van der Waals surface area contributed by atoms with Gasteiger partial charge in [0.2, 0.25) is 11.8 Å². The van der Waals surface area contributed by atoms with E-state index in [1.807, 2.05) is 18.2 Å². The van der Waals surface area contributed by atoms with Crippen molar-refractivity contribution in [3.63, 3.8) is 0 Å². The van der Waals surface area contributed by atoms with Crippen LogP contribution in [-0.4, -0.2) is 48.1 Å². The molecule has 1 N–H and O–H groups in total. The van der Waals surface area contributed by atoms with Crippen LogP contribution >= 0.6 is 11.6 Å². The molecule has 0 saturated carbocycles. The molecule has 1 saturated heterocycles. The van der Waals surface area contributed by atoms with E-state index in [0.717, 1.165) is 17.7 Å². The van der Waals surface area contributed by atoms with Crippen LogP contribution in [0.5, 0.6) is 0 Å². The number of piperidine rings is 1. The molecule has 30 heavy (non-hydrogen) atoms. The number of ether oxygens (including phenoxy) is 1. The van der Waals surface area contributed by atoms with Crippen molar-refractivity contribution < 1.29 is 19.1 Å². The summed E-state index contributed by atoms with van der Waals surface area (Å²) >= 11 is 6.13. The summed E-state index contributed by atoms with van der Waals surface area (Å²) in [6.45, 7) is 3.05. The zero-order valence-electron chi connectivity index (χ0n) is 17.3. The molecule has 0 bridgehead atoms. The Balaban J connectivity index is 1.70. The lowest BCUT2D eigenvalue weighted by Gasteiger charge is -2.41. The molecule has 2 aliphatic rings. The Morgan fingerprint density at radius 3 is 2.87 bits per heavy atom. The van der Waals surface area contributed by atoms with Crippen LogP contribution in [0.4, 0.5) is 0 Å². The van der Waals surface area contributed by atoms with Crippen LogP contribution in [-0.2, 0) is 25.5 Å². The maximum absolute atomic E-state index is 13.0. The summed E-state index contributed by atoms with van der Waals surface area (Å²) < 4.78 is 5.41. The first-order valence-electron chi connectivity index (χ1n) is 10.5. The Hall–Kier alpha value is -2.41. The van der Waals surface area contributed by atoms with Crippen molar-refractivity contribution in [1.82, 2.24) is 10.3 Å². The number of nitrogens with one attached hydrogen (secondary N) is 1. The monoisotopic (exact) mass is 433 g/mol. The van der Waals surface area contributed by atoms with Gasteiger partial charge in [0.05, 0.1) is 12.0 Å². The number of hydrogen-bond donors (Lipinski definition) is 1. The lowest BCUT2D eigenvalue weighted by atomic mass is 9.75. The molecule has 0 unspecified atom stereocenters. The molecule has 0 aliphatic carbocycles. The minimum atomic E-state index is -0.773. The lowest BCUT2D eigenvalue weighted by molar-refractivity contribution is -0.160. The van der Waals surface area contributed by atoms with Gasteiger partial charge in [-0.3, -0.25) is 14.4 Å². The fourth-order valence-electron chi connectivity index (χ4n) is 4.15. The molecule has 8 heteroatoms. The number of carbonyl (C=O) groups is 3. The second-order valence-corrected chi connectivity index (χ2v) is 8.38. The molecule has 162 valence electrons. The number of nitrogens with zero attached hydrogens (tertiary/aromatic N) is 2. The molecule has 2 amide bonds. The average Bonchev–Trinajstić information content (AvgIpc) is 2.73. The average molecular weight is 434 g/mol. The number of benzene rings is 1. The first-order valence-corrected chi connectivity index (χ1v) is 10.8. The summed E-state index contributed by atoms with van der Waals surface area (Å²) in [6, 6.07) is 7.48. The first kappa shape index (κ1) is 22.3. The SMILES string of the molecule is CCOC(=O)[C@]1(Cc2cccc(Cl)c2)CCCN(C(=O)CCC2=NNC(=O)CC2)C1. The summed E-state index contributed by atoms with van der Waals surface area (Å²) in [7, 11) is 0. The van der Waals surface area contributed by atoms with Gasteiger partial charge in [0.15, 0.2) is 0 Å². The lowest BCUT2D eigenvalue weighted by Crippen LogP contribution is -2.51. The summed E-state index contributed by atoms with van der Waals surface area (Å²) in [5, 5.41) is 4.65. The van der Waals surface area contributed by atoms with E-state index in [1.165, 1.54) is 0 Å². The standard InChI is InChI=1S/C22H28ClN3O4/c1-2-30-21(29)22(14-16-5-3-6-17(23)13-16)11-4-12-26(15-22)20(28)10-8-18-7-9-19(27)25-24-18/h3,5-6,13H,2,4,7-12,14-15H2,1H3,(H,25,27)/t22-/m0/s1. The van der Waals surface area contributed by atoms with Crippen molar-refractivity contribution in [3.8, 4) is 0 Å². The molecule has 1 aromatic rings. The van der Waals surface area contributed by atoms with Gasteiger partial charge < -0.3 is 9.64 Å². The molecular weight excluding hydrogens is 406 g/mol. The number of halogens is 1. The molecule has 1 atom stereocenters. The summed E-state index contributed by atoms with van der Waals surface area (Å²) in [5.41, 5.74) is 3.47. The highest BCUT2D eigenvalue weighted by Crippen LogP contribution is 2.36. The maximum Gasteiger partial charge on any atom is 0.314 e. The van der Waals surface area contributed by atoms with Gasteiger partial charge in [0.1, 0.15) is 0 Å². The number of hydrogen-bond acceptors (Lipinski definition) is 5. The predicted octanol–water partition coefficient (Wildman–Crippen LogP) is 3.10. The normalized spacial score (nSPS) is 21.6. The van der Waals surface area contributed by atoms with Crippen LogP contribution in [0.2, 0.25) is 5.02 Å². The number of rotatable bonds is 7. The smallest absolute Gasteiger partial charge is 0.314 e. The molecular formula is C22H28ClN3O4. The van der Waals surface area contributed by atoms with E-state index in [2.05, 4.69) is 10.5 Å². The quantitative estimate of drug-likeness (QED) is 0.669. The second-order valence-electron chi connectivity index (χ2n) is 7.94. The molecule has 2 heterocycles. The van der Waals surface area contributed by atoms with Crippen molar-refractivity contribution >= 4 is 35.1 Å². The van der Waals surface area contributed by atoms with Crippen LogP contribution in [0.3, 0.4) is 0 Å². The minimum absolute atomic E-state index is 0.00549. The number of likely N-dealkylation sites (tertiary alicyclic amines) is 1. The fourth-order valence-corrected chi connectivity index (χ4v) is 4.36. The van der Waals surface area contributed by atoms with Crippen LogP contribution in [0, 0.1) is 5.41 Å². The Bertz CT molecular complexity index is 841. The summed E-state index contributed by atoms with van der Waals surface area (Å²) in [5.74, 6) is -0.364. The van der Waals surface area contributed by atoms with Crippen molar-refractivity contribution in [1.29, 1.82) is 0 Å². The van der Waals surface area contributed by atoms with Crippen molar-refractivity contribution in [2.24, 2.45) is 10.5 Å². The van der Waals surface area contributed by atoms with Crippen molar-refractivity contribution in [3.05, 3.63) is 34.9 Å². The number of carbonyl (C=O) groups excluding carboxylic acids is 3. The minimum Gasteiger partial charge on any atom is -0.466 e. The largest absolute Gasteiger partial charge is 0.466 e. The third-order valence-electron chi connectivity index (χ3n) is 5.68. The van der Waals surface area contributed by atoms with E-state index in [1.54, 1.807) is 17.9 Å². The van der Waals surface area contributed by atoms with Gasteiger partial charge in [0.25, 0.3) is 0 Å². The zero-order valence-corrected chi connectivity index (χ0v) is 18.0. The number of hydrazone groups is 1. The molecule has 2 aliphatic heterocycles. The van der Waals surface area contributed by atoms with Gasteiger partial charge in [0, 0.05) is 36.7 Å². The van der Waals surface area contributed by atoms with E-state index in [-0.39, 0.29) is 17.8 Å². The van der Waals surface area contributed by atoms with Crippen LogP contribution in [0.1, 0.15) is 51.0 Å². The summed E-state index contributed by atoms with van der Waals surface area (Å²) in [6.07, 6.45) is 3.70. The van der Waals surface area contributed by atoms with Gasteiger partial charge in [-0.1, -0.05) is 23.7 Å². The first-order chi connectivity index (χ1) is 14.4. The van der Waals surface area contributed by atoms with Crippen molar-refractivity contribution in [2.75, 3.05) is 19.7 Å². The van der Waals surface area contributed by atoms with E-state index < -0.39 is 5.41 Å². The van der Waals surface area contributed by atoms with E-state index >= 15 is 0 Å². The Kier molecular flexibility index (Phi) is 7.48. The number of esters is 1. The van der Waals surface area contributed by atoms with Crippen LogP contribution in [0.15, 0.2) is 29.4 Å². The number of amides is 2. The van der Waals surface area contributed by atoms with Crippen LogP contribution < -0.4 is 5.43 Å². The van der Waals surface area contributed by atoms with E-state index in [4.69, 9.17) is 16.3 Å². The topological polar surface area (TPSA) is 88.1 Å². The highest BCUT2D eigenvalue weighted by Gasteiger charge is 2.44. The maximum atomic E-state index is 13.0. The van der Waals surface area contributed by atoms with Gasteiger partial charge in [-0.25, -0.2) is 5.43 Å². The molecule has 1 fully saturated rings. The zero-order chi connectivity index (χ0) is 21.6. The molecule has 0 spiro atoms. The Labute approximate surface area is 181 Å². The predicted molar refractivity (Wildman–Crippen MR) is 114 cm³/mol. The molecule has 0 radical (unpaired) electrons. The molecule has 7 nitrogen and oxygen atoms in total.